The van der Waals surface area contributed by atoms with Crippen molar-refractivity contribution in [1.29, 1.82) is 5.26 Å². The Labute approximate surface area is 139 Å². The largest absolute Gasteiger partial charge is 0.618 e. The second kappa shape index (κ2) is 6.39. The molecule has 0 spiro atoms. The minimum atomic E-state index is -1.25. The highest BCUT2D eigenvalue weighted by molar-refractivity contribution is 5.43. The molecule has 0 bridgehead atoms. The van der Waals surface area contributed by atoms with E-state index in [-0.39, 0.29) is 5.69 Å². The summed E-state index contributed by atoms with van der Waals surface area (Å²) in [6, 6.07) is 20.8. The molecule has 1 heterocycles. The molecule has 1 unspecified atom stereocenters. The molecule has 0 aliphatic carbocycles. The van der Waals surface area contributed by atoms with E-state index >= 15 is 0 Å². The van der Waals surface area contributed by atoms with E-state index in [1.165, 1.54) is 6.20 Å². The van der Waals surface area contributed by atoms with Gasteiger partial charge in [0.25, 0.3) is 11.9 Å². The van der Waals surface area contributed by atoms with Crippen LogP contribution >= 0.6 is 0 Å². The lowest BCUT2D eigenvalue weighted by molar-refractivity contribution is -0.672. The molecule has 118 valence electrons. The maximum absolute atomic E-state index is 12.4. The Kier molecular flexibility index (Phi) is 4.13. The average Bonchev–Trinajstić information content (AvgIpc) is 2.63. The van der Waals surface area contributed by atoms with Crippen molar-refractivity contribution in [2.75, 3.05) is 0 Å². The van der Waals surface area contributed by atoms with E-state index in [4.69, 9.17) is 0 Å². The number of aromatic nitrogens is 2. The van der Waals surface area contributed by atoms with E-state index in [0.29, 0.717) is 21.4 Å². The number of nitrogens with zero attached hydrogens (tertiary/aromatic N) is 3. The highest BCUT2D eigenvalue weighted by Gasteiger charge is 2.43. The van der Waals surface area contributed by atoms with Crippen molar-refractivity contribution in [1.82, 2.24) is 0 Å². The molecule has 0 aliphatic heterocycles. The third kappa shape index (κ3) is 2.77. The summed E-state index contributed by atoms with van der Waals surface area (Å²) in [5, 5.41) is 34.1. The van der Waals surface area contributed by atoms with Gasteiger partial charge >= 0.3 is 0 Å². The Bertz CT molecular complexity index is 876. The first-order chi connectivity index (χ1) is 11.7. The van der Waals surface area contributed by atoms with Crippen LogP contribution in [0.4, 0.5) is 0 Å². The first kappa shape index (κ1) is 15.5. The highest BCUT2D eigenvalue weighted by atomic mass is 16.5. The third-order valence-electron chi connectivity index (χ3n) is 4.04. The van der Waals surface area contributed by atoms with Crippen molar-refractivity contribution in [3.8, 4) is 6.07 Å². The summed E-state index contributed by atoms with van der Waals surface area (Å²) < 4.78 is 1.14. The van der Waals surface area contributed by atoms with E-state index in [0.717, 1.165) is 18.0 Å². The van der Waals surface area contributed by atoms with Gasteiger partial charge in [-0.15, -0.1) is 0 Å². The van der Waals surface area contributed by atoms with Crippen LogP contribution in [0.2, 0.25) is 0 Å². The predicted octanol–water partition coefficient (Wildman–Crippen LogP) is 2.01. The van der Waals surface area contributed by atoms with Crippen LogP contribution in [0, 0.1) is 21.7 Å². The monoisotopic (exact) mass is 317 g/mol. The number of benzene rings is 2. The van der Waals surface area contributed by atoms with Crippen LogP contribution in [0.5, 0.6) is 0 Å². The lowest BCUT2D eigenvalue weighted by atomic mass is 9.74. The van der Waals surface area contributed by atoms with Gasteiger partial charge in [0.05, 0.1) is 6.07 Å². The van der Waals surface area contributed by atoms with Crippen LogP contribution in [-0.4, -0.2) is 0 Å². The van der Waals surface area contributed by atoms with Crippen LogP contribution in [0.25, 0.3) is 0 Å². The summed E-state index contributed by atoms with van der Waals surface area (Å²) in [7, 11) is 0. The van der Waals surface area contributed by atoms with Gasteiger partial charge in [0.15, 0.2) is 5.41 Å². The first-order valence-corrected chi connectivity index (χ1v) is 7.49. The molecule has 1 atom stereocenters. The maximum Gasteiger partial charge on any atom is 0.283 e. The summed E-state index contributed by atoms with van der Waals surface area (Å²) in [5.74, 6) is 0. The molecular formula is C19H15N3O2. The summed E-state index contributed by atoms with van der Waals surface area (Å²) >= 11 is 0. The molecule has 3 aromatic rings. The molecule has 0 radical (unpaired) electrons. The van der Waals surface area contributed by atoms with E-state index in [1.54, 1.807) is 12.1 Å². The van der Waals surface area contributed by atoms with Crippen LogP contribution in [-0.2, 0) is 11.8 Å². The first-order valence-electron chi connectivity index (χ1n) is 7.49. The maximum atomic E-state index is 12.4. The number of rotatable bonds is 4. The minimum Gasteiger partial charge on any atom is -0.618 e. The Morgan fingerprint density at radius 3 is 2.17 bits per heavy atom. The summed E-state index contributed by atoms with van der Waals surface area (Å²) in [4.78, 5) is 0. The van der Waals surface area contributed by atoms with Crippen LogP contribution in [0.15, 0.2) is 79.3 Å². The molecule has 24 heavy (non-hydrogen) atoms. The molecule has 0 saturated heterocycles. The van der Waals surface area contributed by atoms with Crippen molar-refractivity contribution in [2.45, 2.75) is 11.8 Å². The zero-order valence-corrected chi connectivity index (χ0v) is 12.9. The van der Waals surface area contributed by atoms with Gasteiger partial charge in [0.1, 0.15) is 0 Å². The van der Waals surface area contributed by atoms with E-state index < -0.39 is 5.41 Å². The Balaban J connectivity index is 2.24. The number of hydrogen-bond acceptors (Lipinski definition) is 3. The zero-order valence-electron chi connectivity index (χ0n) is 12.9. The molecule has 3 rings (SSSR count). The Morgan fingerprint density at radius 1 is 0.917 bits per heavy atom. The quantitative estimate of drug-likeness (QED) is 0.545. The highest BCUT2D eigenvalue weighted by Crippen LogP contribution is 2.33. The van der Waals surface area contributed by atoms with Crippen LogP contribution < -0.4 is 9.46 Å². The molecule has 0 amide bonds. The Morgan fingerprint density at radius 2 is 1.54 bits per heavy atom. The van der Waals surface area contributed by atoms with Gasteiger partial charge in [0.2, 0.25) is 12.4 Å². The summed E-state index contributed by atoms with van der Waals surface area (Å²) in [6.07, 6.45) is 3.71. The fourth-order valence-corrected chi connectivity index (χ4v) is 2.85. The van der Waals surface area contributed by atoms with Crippen molar-refractivity contribution in [3.63, 3.8) is 0 Å². The molecule has 2 aromatic carbocycles. The molecule has 0 fully saturated rings. The summed E-state index contributed by atoms with van der Waals surface area (Å²) in [6.45, 7) is 0. The van der Waals surface area contributed by atoms with Gasteiger partial charge in [-0.2, -0.15) is 14.7 Å². The number of nitriles is 1. The van der Waals surface area contributed by atoms with E-state index in [2.05, 4.69) is 6.07 Å². The van der Waals surface area contributed by atoms with Crippen molar-refractivity contribution in [3.05, 3.63) is 106 Å². The Hall–Kier alpha value is -3.39. The van der Waals surface area contributed by atoms with Gasteiger partial charge in [-0.25, -0.2) is 0 Å². The molecule has 0 aliphatic rings. The molecule has 1 aromatic heterocycles. The lowest BCUT2D eigenvalue weighted by Gasteiger charge is -2.24. The fraction of sp³-hybridized carbons (Fsp3) is 0.105. The standard InChI is InChI=1S/C19H15N3O2/c20-15-19(17-9-5-2-6-10-17,13-16-7-3-1-4-8-16)18-14-21(23)11-12-22(18)24/h1-12,14H,13H2. The van der Waals surface area contributed by atoms with Crippen molar-refractivity contribution in [2.24, 2.45) is 0 Å². The molecule has 0 N–H and O–H groups in total. The lowest BCUT2D eigenvalue weighted by Crippen LogP contribution is -2.47. The van der Waals surface area contributed by atoms with Crippen molar-refractivity contribution >= 4 is 0 Å². The molecular weight excluding hydrogens is 302 g/mol. The van der Waals surface area contributed by atoms with Gasteiger partial charge in [-0.1, -0.05) is 60.7 Å². The smallest absolute Gasteiger partial charge is 0.283 e. The van der Waals surface area contributed by atoms with Gasteiger partial charge in [0, 0.05) is 6.42 Å². The van der Waals surface area contributed by atoms with Gasteiger partial charge < -0.3 is 10.4 Å². The topological polar surface area (TPSA) is 77.7 Å². The number of hydrogen-bond donors (Lipinski definition) is 0. The third-order valence-corrected chi connectivity index (χ3v) is 4.04. The molecule has 5 nitrogen and oxygen atoms in total. The van der Waals surface area contributed by atoms with Crippen LogP contribution in [0.1, 0.15) is 16.8 Å². The molecule has 0 saturated carbocycles. The average molecular weight is 317 g/mol. The van der Waals surface area contributed by atoms with Gasteiger partial charge in [-0.3, -0.25) is 0 Å². The van der Waals surface area contributed by atoms with Crippen LogP contribution in [0.3, 0.4) is 0 Å². The zero-order chi connectivity index (χ0) is 17.0. The minimum absolute atomic E-state index is 0.109. The van der Waals surface area contributed by atoms with Crippen molar-refractivity contribution < 1.29 is 9.46 Å². The fourth-order valence-electron chi connectivity index (χ4n) is 2.85. The predicted molar refractivity (Wildman–Crippen MR) is 87.3 cm³/mol. The normalized spacial score (nSPS) is 13.0. The second-order valence-corrected chi connectivity index (χ2v) is 5.54. The SMILES string of the molecule is N#CC(Cc1ccccc1)(c1ccccc1)c1c[n+]([O-])cc[n+]1[O-]. The van der Waals surface area contributed by atoms with Gasteiger partial charge in [-0.05, 0) is 11.1 Å². The second-order valence-electron chi connectivity index (χ2n) is 5.54. The molecule has 5 heteroatoms. The van der Waals surface area contributed by atoms with E-state index in [9.17, 15) is 15.7 Å². The summed E-state index contributed by atoms with van der Waals surface area (Å²) in [5.41, 5.74) is 0.437. The van der Waals surface area contributed by atoms with E-state index in [1.807, 2.05) is 48.5 Å².